The number of hydrogen-bond donors (Lipinski definition) is 1. The molecule has 0 radical (unpaired) electrons. The number of amides is 1. The molecule has 1 saturated carbocycles. The maximum absolute atomic E-state index is 13.0. The zero-order valence-corrected chi connectivity index (χ0v) is 18.5. The molecule has 1 aliphatic carbocycles. The van der Waals surface area contributed by atoms with Gasteiger partial charge >= 0.3 is 5.97 Å². The van der Waals surface area contributed by atoms with Crippen molar-refractivity contribution in [2.24, 2.45) is 0 Å². The summed E-state index contributed by atoms with van der Waals surface area (Å²) in [4.78, 5) is 26.3. The number of carbonyl (C=O) groups is 2. The molecule has 32 heavy (non-hydrogen) atoms. The van der Waals surface area contributed by atoms with Crippen LogP contribution in [-0.4, -0.2) is 46.6 Å². The first-order chi connectivity index (χ1) is 15.5. The van der Waals surface area contributed by atoms with Crippen LogP contribution in [0.5, 0.6) is 5.75 Å². The van der Waals surface area contributed by atoms with Crippen molar-refractivity contribution in [1.29, 1.82) is 0 Å². The molecule has 6 heteroatoms. The largest absolute Gasteiger partial charge is 0.478 e. The lowest BCUT2D eigenvalue weighted by Crippen LogP contribution is -2.39. The number of aromatic carboxylic acids is 1. The molecule has 0 spiro atoms. The monoisotopic (exact) mass is 432 g/mol. The van der Waals surface area contributed by atoms with Crippen molar-refractivity contribution in [2.75, 3.05) is 14.1 Å². The van der Waals surface area contributed by atoms with Gasteiger partial charge in [0.25, 0.3) is 5.91 Å². The van der Waals surface area contributed by atoms with E-state index in [1.54, 1.807) is 31.1 Å². The van der Waals surface area contributed by atoms with Crippen molar-refractivity contribution in [1.82, 2.24) is 9.47 Å². The quantitative estimate of drug-likeness (QED) is 0.639. The first-order valence-electron chi connectivity index (χ1n) is 11.3. The summed E-state index contributed by atoms with van der Waals surface area (Å²) in [6.45, 7) is 0.341. The van der Waals surface area contributed by atoms with Crippen LogP contribution in [-0.2, 0) is 11.3 Å². The summed E-state index contributed by atoms with van der Waals surface area (Å²) in [7, 11) is 3.46. The molecule has 1 fully saturated rings. The molecule has 1 N–H and O–H groups in total. The number of carbonyl (C=O) groups excluding carboxylic acids is 1. The van der Waals surface area contributed by atoms with E-state index in [4.69, 9.17) is 4.74 Å². The number of fused-ring (bicyclic) bond motifs is 5. The second kappa shape index (κ2) is 8.01. The van der Waals surface area contributed by atoms with Crippen LogP contribution in [0, 0.1) is 0 Å². The first-order valence-corrected chi connectivity index (χ1v) is 11.3. The highest BCUT2D eigenvalue weighted by atomic mass is 16.5. The van der Waals surface area contributed by atoms with Gasteiger partial charge < -0.3 is 19.3 Å². The molecule has 3 aromatic rings. The molecule has 2 aromatic carbocycles. The van der Waals surface area contributed by atoms with Gasteiger partial charge in [0.1, 0.15) is 5.75 Å². The van der Waals surface area contributed by atoms with Gasteiger partial charge in [-0.1, -0.05) is 37.5 Å². The van der Waals surface area contributed by atoms with Gasteiger partial charge in [0.2, 0.25) is 0 Å². The van der Waals surface area contributed by atoms with E-state index in [1.165, 1.54) is 24.8 Å². The van der Waals surface area contributed by atoms with Crippen molar-refractivity contribution in [2.45, 2.75) is 50.7 Å². The van der Waals surface area contributed by atoms with Gasteiger partial charge in [-0.3, -0.25) is 4.79 Å². The standard InChI is InChI=1S/C26H28N2O4/c1-27(2)25(29)22-15-28-20-14-17(26(30)31)12-13-18(20)23(16-8-4-3-5-9-16)24(28)19-10-6-7-11-21(19)32-22/h6-7,10-14,16,22H,3-5,8-9,15H2,1-2H3,(H,30,31). The van der Waals surface area contributed by atoms with Crippen LogP contribution >= 0.6 is 0 Å². The molecule has 0 bridgehead atoms. The average molecular weight is 433 g/mol. The van der Waals surface area contributed by atoms with E-state index in [2.05, 4.69) is 4.57 Å². The van der Waals surface area contributed by atoms with Gasteiger partial charge in [0.15, 0.2) is 6.10 Å². The lowest BCUT2D eigenvalue weighted by atomic mass is 9.81. The molecular formula is C26H28N2O4. The number of nitrogens with zero attached hydrogens (tertiary/aromatic N) is 2. The minimum Gasteiger partial charge on any atom is -0.478 e. The van der Waals surface area contributed by atoms with Gasteiger partial charge in [-0.15, -0.1) is 0 Å². The van der Waals surface area contributed by atoms with Crippen LogP contribution in [0.3, 0.4) is 0 Å². The zero-order chi connectivity index (χ0) is 22.4. The molecule has 1 atom stereocenters. The van der Waals surface area contributed by atoms with Crippen molar-refractivity contribution in [3.05, 3.63) is 53.6 Å². The minimum atomic E-state index is -0.951. The molecule has 1 amide bonds. The maximum atomic E-state index is 13.0. The van der Waals surface area contributed by atoms with Crippen LogP contribution in [0.2, 0.25) is 0 Å². The highest BCUT2D eigenvalue weighted by molar-refractivity contribution is 5.99. The molecule has 6 nitrogen and oxygen atoms in total. The second-order valence-electron chi connectivity index (χ2n) is 9.08. The average Bonchev–Trinajstić information content (AvgIpc) is 3.01. The predicted molar refractivity (Wildman–Crippen MR) is 123 cm³/mol. The molecule has 2 heterocycles. The zero-order valence-electron chi connectivity index (χ0n) is 18.5. The van der Waals surface area contributed by atoms with E-state index in [0.717, 1.165) is 35.0 Å². The Morgan fingerprint density at radius 1 is 1.06 bits per heavy atom. The van der Waals surface area contributed by atoms with E-state index in [0.29, 0.717) is 18.2 Å². The highest BCUT2D eigenvalue weighted by Crippen LogP contribution is 2.47. The minimum absolute atomic E-state index is 0.108. The molecule has 0 saturated heterocycles. The highest BCUT2D eigenvalue weighted by Gasteiger charge is 2.34. The smallest absolute Gasteiger partial charge is 0.335 e. The number of likely N-dealkylation sites (N-methyl/N-ethyl adjacent to an activating group) is 1. The van der Waals surface area contributed by atoms with E-state index < -0.39 is 12.1 Å². The number of carboxylic acid groups (broad SMARTS) is 1. The number of aromatic nitrogens is 1. The fraction of sp³-hybridized carbons (Fsp3) is 0.385. The number of benzene rings is 2. The van der Waals surface area contributed by atoms with Crippen LogP contribution in [0.4, 0.5) is 0 Å². The van der Waals surface area contributed by atoms with E-state index in [1.807, 2.05) is 30.3 Å². The Kier molecular flexibility index (Phi) is 5.16. The van der Waals surface area contributed by atoms with Gasteiger partial charge in [0, 0.05) is 30.6 Å². The number of carboxylic acids is 1. The summed E-state index contributed by atoms with van der Waals surface area (Å²) >= 11 is 0. The lowest BCUT2D eigenvalue weighted by molar-refractivity contribution is -0.136. The predicted octanol–water partition coefficient (Wildman–Crippen LogP) is 4.90. The summed E-state index contributed by atoms with van der Waals surface area (Å²) in [5.74, 6) is 0.0491. The topological polar surface area (TPSA) is 71.8 Å². The van der Waals surface area contributed by atoms with Crippen LogP contribution in [0.1, 0.15) is 53.9 Å². The van der Waals surface area contributed by atoms with E-state index in [9.17, 15) is 14.7 Å². The van der Waals surface area contributed by atoms with Crippen molar-refractivity contribution < 1.29 is 19.4 Å². The third-order valence-electron chi connectivity index (χ3n) is 6.84. The van der Waals surface area contributed by atoms with Crippen LogP contribution < -0.4 is 4.74 Å². The Bertz CT molecular complexity index is 1200. The molecule has 166 valence electrons. The summed E-state index contributed by atoms with van der Waals surface area (Å²) < 4.78 is 8.39. The van der Waals surface area contributed by atoms with Gasteiger partial charge in [-0.2, -0.15) is 0 Å². The third kappa shape index (κ3) is 3.34. The fourth-order valence-corrected chi connectivity index (χ4v) is 5.33. The lowest BCUT2D eigenvalue weighted by Gasteiger charge is -2.23. The first kappa shape index (κ1) is 20.6. The van der Waals surface area contributed by atoms with E-state index >= 15 is 0 Å². The van der Waals surface area contributed by atoms with Crippen LogP contribution in [0.25, 0.3) is 22.2 Å². The normalized spacial score (nSPS) is 18.4. The molecule has 5 rings (SSSR count). The molecule has 1 aromatic heterocycles. The summed E-state index contributed by atoms with van der Waals surface area (Å²) in [6, 6.07) is 13.3. The summed E-state index contributed by atoms with van der Waals surface area (Å²) in [5, 5.41) is 10.7. The van der Waals surface area contributed by atoms with Crippen LogP contribution in [0.15, 0.2) is 42.5 Å². The summed E-state index contributed by atoms with van der Waals surface area (Å²) in [6.07, 6.45) is 5.21. The second-order valence-corrected chi connectivity index (χ2v) is 9.08. The maximum Gasteiger partial charge on any atom is 0.335 e. The molecular weight excluding hydrogens is 404 g/mol. The number of ether oxygens (including phenoxy) is 1. The molecule has 1 aliphatic heterocycles. The Hall–Kier alpha value is -3.28. The van der Waals surface area contributed by atoms with Crippen molar-refractivity contribution in [3.8, 4) is 17.0 Å². The number of para-hydroxylation sites is 1. The Morgan fingerprint density at radius 2 is 1.81 bits per heavy atom. The molecule has 1 unspecified atom stereocenters. The Morgan fingerprint density at radius 3 is 2.53 bits per heavy atom. The third-order valence-corrected chi connectivity index (χ3v) is 6.84. The Labute approximate surface area is 187 Å². The molecule has 2 aliphatic rings. The summed E-state index contributed by atoms with van der Waals surface area (Å²) in [5.41, 5.74) is 4.42. The van der Waals surface area contributed by atoms with Gasteiger partial charge in [-0.05, 0) is 48.6 Å². The van der Waals surface area contributed by atoms with Crippen molar-refractivity contribution in [3.63, 3.8) is 0 Å². The van der Waals surface area contributed by atoms with E-state index in [-0.39, 0.29) is 11.5 Å². The SMILES string of the molecule is CN(C)C(=O)C1Cn2c(c(C3CCCCC3)c3ccc(C(=O)O)cc32)-c2ccccc2O1. The number of rotatable bonds is 3. The van der Waals surface area contributed by atoms with Gasteiger partial charge in [-0.25, -0.2) is 4.79 Å². The van der Waals surface area contributed by atoms with Crippen molar-refractivity contribution >= 4 is 22.8 Å². The Balaban J connectivity index is 1.82. The van der Waals surface area contributed by atoms with Gasteiger partial charge in [0.05, 0.1) is 17.8 Å². The fourth-order valence-electron chi connectivity index (χ4n) is 5.33. The number of hydrogen-bond acceptors (Lipinski definition) is 3.